The summed E-state index contributed by atoms with van der Waals surface area (Å²) in [6.45, 7) is 6.72. The van der Waals surface area contributed by atoms with Crippen LogP contribution in [0, 0.1) is 5.92 Å². The number of amides is 1. The molecule has 1 amide bonds. The molecule has 0 aromatic heterocycles. The van der Waals surface area contributed by atoms with Crippen LogP contribution in [0.15, 0.2) is 18.2 Å². The third kappa shape index (κ3) is 4.06. The quantitative estimate of drug-likeness (QED) is 0.827. The Hall–Kier alpha value is -1.40. The van der Waals surface area contributed by atoms with Crippen molar-refractivity contribution in [1.82, 2.24) is 9.21 Å². The zero-order valence-electron chi connectivity index (χ0n) is 15.4. The zero-order valence-corrected chi connectivity index (χ0v) is 16.2. The zero-order chi connectivity index (χ0) is 18.2. The second-order valence-electron chi connectivity index (χ2n) is 7.63. The second-order valence-corrected chi connectivity index (χ2v) is 9.61. The second kappa shape index (κ2) is 7.08. The Labute approximate surface area is 151 Å². The average molecular weight is 365 g/mol. The van der Waals surface area contributed by atoms with Crippen LogP contribution in [0.5, 0.6) is 0 Å². The van der Waals surface area contributed by atoms with Gasteiger partial charge < -0.3 is 4.90 Å². The van der Waals surface area contributed by atoms with Crippen molar-refractivity contribution in [2.75, 3.05) is 25.9 Å². The van der Waals surface area contributed by atoms with Gasteiger partial charge in [-0.1, -0.05) is 32.0 Å². The Morgan fingerprint density at radius 3 is 2.40 bits per heavy atom. The Morgan fingerprint density at radius 1 is 1.12 bits per heavy atom. The van der Waals surface area contributed by atoms with Crippen molar-refractivity contribution < 1.29 is 13.2 Å². The Balaban J connectivity index is 1.66. The molecule has 2 aliphatic heterocycles. The molecule has 0 aliphatic carbocycles. The summed E-state index contributed by atoms with van der Waals surface area (Å²) in [5.74, 6) is 0.623. The molecular formula is C19H28N2O3S. The molecule has 0 atom stereocenters. The molecule has 0 unspecified atom stereocenters. The maximum atomic E-state index is 12.9. The van der Waals surface area contributed by atoms with Crippen LogP contribution in [0.4, 0.5) is 0 Å². The van der Waals surface area contributed by atoms with E-state index in [1.807, 2.05) is 4.90 Å². The number of rotatable bonds is 3. The van der Waals surface area contributed by atoms with Gasteiger partial charge in [0.25, 0.3) is 0 Å². The lowest BCUT2D eigenvalue weighted by atomic mass is 9.91. The maximum absolute atomic E-state index is 12.9. The number of fused-ring (bicyclic) bond motifs is 1. The van der Waals surface area contributed by atoms with Gasteiger partial charge in [0.05, 0.1) is 6.26 Å². The first-order chi connectivity index (χ1) is 11.8. The lowest BCUT2D eigenvalue weighted by Gasteiger charge is -2.35. The molecule has 2 heterocycles. The van der Waals surface area contributed by atoms with Crippen LogP contribution in [0.2, 0.25) is 0 Å². The van der Waals surface area contributed by atoms with Crippen LogP contribution in [0.25, 0.3) is 0 Å². The number of piperidine rings is 1. The average Bonchev–Trinajstić information content (AvgIpc) is 2.59. The summed E-state index contributed by atoms with van der Waals surface area (Å²) < 4.78 is 24.7. The number of hydrogen-bond donors (Lipinski definition) is 0. The highest BCUT2D eigenvalue weighted by atomic mass is 32.2. The SMILES string of the molecule is CC(C)c1ccc2c(c1)CN(C(=O)C1CCN(S(C)(=O)=O)CC1)CC2. The third-order valence-corrected chi connectivity index (χ3v) is 6.80. The minimum Gasteiger partial charge on any atom is -0.338 e. The van der Waals surface area contributed by atoms with Crippen LogP contribution in [0.1, 0.15) is 49.3 Å². The Morgan fingerprint density at radius 2 is 1.80 bits per heavy atom. The maximum Gasteiger partial charge on any atom is 0.226 e. The van der Waals surface area contributed by atoms with Crippen molar-refractivity contribution in [2.24, 2.45) is 5.92 Å². The molecule has 138 valence electrons. The number of sulfonamides is 1. The van der Waals surface area contributed by atoms with E-state index in [4.69, 9.17) is 0 Å². The Bertz CT molecular complexity index is 750. The van der Waals surface area contributed by atoms with Crippen molar-refractivity contribution in [3.05, 3.63) is 34.9 Å². The molecule has 0 spiro atoms. The van der Waals surface area contributed by atoms with Gasteiger partial charge in [0, 0.05) is 32.1 Å². The van der Waals surface area contributed by atoms with E-state index in [-0.39, 0.29) is 11.8 Å². The summed E-state index contributed by atoms with van der Waals surface area (Å²) >= 11 is 0. The summed E-state index contributed by atoms with van der Waals surface area (Å²) in [5.41, 5.74) is 3.93. The Kier molecular flexibility index (Phi) is 5.21. The van der Waals surface area contributed by atoms with Crippen LogP contribution >= 0.6 is 0 Å². The van der Waals surface area contributed by atoms with Gasteiger partial charge in [0.15, 0.2) is 0 Å². The van der Waals surface area contributed by atoms with E-state index in [0.717, 1.165) is 13.0 Å². The van der Waals surface area contributed by atoms with Gasteiger partial charge in [-0.25, -0.2) is 12.7 Å². The molecule has 5 nitrogen and oxygen atoms in total. The van der Waals surface area contributed by atoms with E-state index >= 15 is 0 Å². The van der Waals surface area contributed by atoms with Gasteiger partial charge in [-0.15, -0.1) is 0 Å². The number of carbonyl (C=O) groups excluding carboxylic acids is 1. The predicted molar refractivity (Wildman–Crippen MR) is 98.8 cm³/mol. The van der Waals surface area contributed by atoms with Crippen LogP contribution < -0.4 is 0 Å². The fraction of sp³-hybridized carbons (Fsp3) is 0.632. The first-order valence-electron chi connectivity index (χ1n) is 9.11. The summed E-state index contributed by atoms with van der Waals surface area (Å²) in [4.78, 5) is 14.9. The topological polar surface area (TPSA) is 57.7 Å². The highest BCUT2D eigenvalue weighted by Crippen LogP contribution is 2.27. The molecule has 0 radical (unpaired) electrons. The fourth-order valence-corrected chi connectivity index (χ4v) is 4.69. The molecule has 6 heteroatoms. The number of hydrogen-bond acceptors (Lipinski definition) is 3. The molecular weight excluding hydrogens is 336 g/mol. The van der Waals surface area contributed by atoms with E-state index in [1.54, 1.807) is 0 Å². The van der Waals surface area contributed by atoms with Gasteiger partial charge in [-0.05, 0) is 41.9 Å². The molecule has 25 heavy (non-hydrogen) atoms. The summed E-state index contributed by atoms with van der Waals surface area (Å²) in [5, 5.41) is 0. The smallest absolute Gasteiger partial charge is 0.226 e. The summed E-state index contributed by atoms with van der Waals surface area (Å²) in [6.07, 6.45) is 3.40. The molecule has 0 N–H and O–H groups in total. The van der Waals surface area contributed by atoms with Crippen molar-refractivity contribution in [3.63, 3.8) is 0 Å². The monoisotopic (exact) mass is 364 g/mol. The van der Waals surface area contributed by atoms with Gasteiger partial charge in [-0.2, -0.15) is 0 Å². The van der Waals surface area contributed by atoms with Gasteiger partial charge in [0.1, 0.15) is 0 Å². The number of carbonyl (C=O) groups is 1. The highest BCUT2D eigenvalue weighted by molar-refractivity contribution is 7.88. The molecule has 1 aromatic rings. The van der Waals surface area contributed by atoms with Gasteiger partial charge in [0.2, 0.25) is 15.9 Å². The van der Waals surface area contributed by atoms with Crippen LogP contribution in [-0.4, -0.2) is 49.4 Å². The molecule has 3 rings (SSSR count). The minimum absolute atomic E-state index is 0.0483. The molecule has 1 saturated heterocycles. The van der Waals surface area contributed by atoms with Crippen molar-refractivity contribution in [2.45, 2.75) is 45.6 Å². The first-order valence-corrected chi connectivity index (χ1v) is 11.0. The lowest BCUT2D eigenvalue weighted by Crippen LogP contribution is -2.45. The predicted octanol–water partition coefficient (Wildman–Crippen LogP) is 2.37. The highest BCUT2D eigenvalue weighted by Gasteiger charge is 2.32. The standard InChI is InChI=1S/C19H28N2O3S/c1-14(2)17-5-4-15-6-9-20(13-18(15)12-17)19(22)16-7-10-21(11-8-16)25(3,23)24/h4-5,12,14,16H,6-11,13H2,1-3H3. The molecule has 1 aromatic carbocycles. The van der Waals surface area contributed by atoms with E-state index in [9.17, 15) is 13.2 Å². The molecule has 0 bridgehead atoms. The van der Waals surface area contributed by atoms with E-state index in [1.165, 1.54) is 27.3 Å². The van der Waals surface area contributed by atoms with Crippen molar-refractivity contribution in [3.8, 4) is 0 Å². The van der Waals surface area contributed by atoms with E-state index < -0.39 is 10.0 Å². The number of nitrogens with zero attached hydrogens (tertiary/aromatic N) is 2. The minimum atomic E-state index is -3.14. The molecule has 2 aliphatic rings. The van der Waals surface area contributed by atoms with Crippen molar-refractivity contribution >= 4 is 15.9 Å². The third-order valence-electron chi connectivity index (χ3n) is 5.49. The van der Waals surface area contributed by atoms with Crippen LogP contribution in [-0.2, 0) is 27.8 Å². The lowest BCUT2D eigenvalue weighted by molar-refractivity contribution is -0.137. The molecule has 1 fully saturated rings. The largest absolute Gasteiger partial charge is 0.338 e. The fourth-order valence-electron chi connectivity index (χ4n) is 3.82. The summed E-state index contributed by atoms with van der Waals surface area (Å²) in [7, 11) is -3.14. The number of benzene rings is 1. The van der Waals surface area contributed by atoms with Crippen LogP contribution in [0.3, 0.4) is 0 Å². The van der Waals surface area contributed by atoms with E-state index in [2.05, 4.69) is 32.0 Å². The molecule has 0 saturated carbocycles. The van der Waals surface area contributed by atoms with E-state index in [0.29, 0.717) is 38.4 Å². The van der Waals surface area contributed by atoms with Gasteiger partial charge in [-0.3, -0.25) is 4.79 Å². The van der Waals surface area contributed by atoms with Crippen molar-refractivity contribution in [1.29, 1.82) is 0 Å². The first kappa shape index (κ1) is 18.4. The normalized spacial score (nSPS) is 19.9. The summed E-state index contributed by atoms with van der Waals surface area (Å²) in [6, 6.07) is 6.64. The van der Waals surface area contributed by atoms with Gasteiger partial charge >= 0.3 is 0 Å².